The SMILES string of the molecule is COc1c[nH]c(CN2CCOC(C(F)(F)F)C2)cc1=O. The predicted molar refractivity (Wildman–Crippen MR) is 64.7 cm³/mol. The highest BCUT2D eigenvalue weighted by molar-refractivity contribution is 5.20. The Kier molecular flexibility index (Phi) is 4.34. The van der Waals surface area contributed by atoms with Crippen molar-refractivity contribution in [3.8, 4) is 5.75 Å². The van der Waals surface area contributed by atoms with E-state index in [0.717, 1.165) is 0 Å². The molecule has 1 aliphatic heterocycles. The number of alkyl halides is 3. The first-order valence-corrected chi connectivity index (χ1v) is 6.06. The van der Waals surface area contributed by atoms with Crippen molar-refractivity contribution in [2.45, 2.75) is 18.8 Å². The third-order valence-electron chi connectivity index (χ3n) is 3.07. The minimum Gasteiger partial charge on any atom is -0.491 e. The number of pyridine rings is 1. The van der Waals surface area contributed by atoms with Gasteiger partial charge < -0.3 is 14.5 Å². The average Bonchev–Trinajstić information content (AvgIpc) is 2.38. The van der Waals surface area contributed by atoms with Crippen LogP contribution in [0.5, 0.6) is 5.75 Å². The average molecular weight is 292 g/mol. The second-order valence-electron chi connectivity index (χ2n) is 4.53. The first-order valence-electron chi connectivity index (χ1n) is 6.06. The van der Waals surface area contributed by atoms with Crippen molar-refractivity contribution in [3.05, 3.63) is 28.2 Å². The van der Waals surface area contributed by atoms with Crippen LogP contribution in [0, 0.1) is 0 Å². The zero-order valence-electron chi connectivity index (χ0n) is 10.9. The van der Waals surface area contributed by atoms with E-state index in [0.29, 0.717) is 12.2 Å². The summed E-state index contributed by atoms with van der Waals surface area (Å²) < 4.78 is 47.3. The summed E-state index contributed by atoms with van der Waals surface area (Å²) in [6.45, 7) is 0.401. The second kappa shape index (κ2) is 5.84. The van der Waals surface area contributed by atoms with Crippen LogP contribution in [-0.4, -0.2) is 49.0 Å². The van der Waals surface area contributed by atoms with Crippen LogP contribution in [0.1, 0.15) is 5.69 Å². The lowest BCUT2D eigenvalue weighted by Gasteiger charge is -2.33. The van der Waals surface area contributed by atoms with Crippen LogP contribution in [0.2, 0.25) is 0 Å². The summed E-state index contributed by atoms with van der Waals surface area (Å²) in [5.74, 6) is 0.170. The highest BCUT2D eigenvalue weighted by atomic mass is 19.4. The van der Waals surface area contributed by atoms with Gasteiger partial charge >= 0.3 is 6.18 Å². The van der Waals surface area contributed by atoms with E-state index in [1.807, 2.05) is 0 Å². The maximum atomic E-state index is 12.6. The molecule has 1 N–H and O–H groups in total. The van der Waals surface area contributed by atoms with E-state index in [1.165, 1.54) is 19.4 Å². The lowest BCUT2D eigenvalue weighted by molar-refractivity contribution is -0.237. The van der Waals surface area contributed by atoms with E-state index < -0.39 is 12.3 Å². The molecule has 0 aliphatic carbocycles. The Labute approximate surface area is 113 Å². The number of ether oxygens (including phenoxy) is 2. The summed E-state index contributed by atoms with van der Waals surface area (Å²) in [5, 5.41) is 0. The summed E-state index contributed by atoms with van der Waals surface area (Å²) in [6, 6.07) is 1.33. The van der Waals surface area contributed by atoms with Gasteiger partial charge in [-0.1, -0.05) is 0 Å². The van der Waals surface area contributed by atoms with Crippen LogP contribution in [0.15, 0.2) is 17.1 Å². The molecule has 0 spiro atoms. The van der Waals surface area contributed by atoms with Crippen molar-refractivity contribution >= 4 is 0 Å². The third-order valence-corrected chi connectivity index (χ3v) is 3.07. The van der Waals surface area contributed by atoms with Gasteiger partial charge in [0.1, 0.15) is 0 Å². The molecule has 1 aliphatic rings. The molecule has 0 bridgehead atoms. The van der Waals surface area contributed by atoms with E-state index in [1.54, 1.807) is 4.90 Å². The lowest BCUT2D eigenvalue weighted by Crippen LogP contribution is -2.48. The van der Waals surface area contributed by atoms with Gasteiger partial charge in [0, 0.05) is 37.6 Å². The van der Waals surface area contributed by atoms with Crippen LogP contribution >= 0.6 is 0 Å². The molecule has 5 nitrogen and oxygen atoms in total. The quantitative estimate of drug-likeness (QED) is 0.908. The summed E-state index contributed by atoms with van der Waals surface area (Å²) in [5.41, 5.74) is 0.237. The first kappa shape index (κ1) is 14.9. The minimum absolute atomic E-state index is 0.0184. The van der Waals surface area contributed by atoms with Crippen molar-refractivity contribution < 1.29 is 22.6 Å². The maximum absolute atomic E-state index is 12.6. The largest absolute Gasteiger partial charge is 0.491 e. The molecule has 2 heterocycles. The number of rotatable bonds is 3. The molecule has 0 amide bonds. The Morgan fingerprint density at radius 2 is 2.30 bits per heavy atom. The highest BCUT2D eigenvalue weighted by Crippen LogP contribution is 2.26. The van der Waals surface area contributed by atoms with Crippen molar-refractivity contribution in [2.75, 3.05) is 26.8 Å². The number of nitrogens with one attached hydrogen (secondary N) is 1. The van der Waals surface area contributed by atoms with E-state index >= 15 is 0 Å². The van der Waals surface area contributed by atoms with Gasteiger partial charge in [-0.15, -0.1) is 0 Å². The van der Waals surface area contributed by atoms with Crippen molar-refractivity contribution in [2.24, 2.45) is 0 Å². The summed E-state index contributed by atoms with van der Waals surface area (Å²) in [4.78, 5) is 16.0. The van der Waals surface area contributed by atoms with Crippen molar-refractivity contribution in [1.29, 1.82) is 0 Å². The summed E-state index contributed by atoms with van der Waals surface area (Å²) in [7, 11) is 1.38. The van der Waals surface area contributed by atoms with Gasteiger partial charge in [0.15, 0.2) is 11.9 Å². The Morgan fingerprint density at radius 3 is 2.90 bits per heavy atom. The number of methoxy groups -OCH3 is 1. The predicted octanol–water partition coefficient (Wildman–Crippen LogP) is 1.15. The zero-order valence-corrected chi connectivity index (χ0v) is 10.9. The fraction of sp³-hybridized carbons (Fsp3) is 0.583. The molecule has 2 rings (SSSR count). The van der Waals surface area contributed by atoms with E-state index in [4.69, 9.17) is 9.47 Å². The van der Waals surface area contributed by atoms with Gasteiger partial charge in [-0.3, -0.25) is 9.69 Å². The molecule has 1 fully saturated rings. The Bertz CT molecular complexity index is 515. The van der Waals surface area contributed by atoms with E-state index in [2.05, 4.69) is 4.98 Å². The van der Waals surface area contributed by atoms with Gasteiger partial charge in [-0.25, -0.2) is 0 Å². The first-order chi connectivity index (χ1) is 9.40. The molecular formula is C12H15F3N2O3. The molecule has 20 heavy (non-hydrogen) atoms. The zero-order chi connectivity index (χ0) is 14.8. The molecule has 1 aromatic rings. The molecule has 0 radical (unpaired) electrons. The summed E-state index contributed by atoms with van der Waals surface area (Å²) in [6.07, 6.45) is -4.74. The number of H-pyrrole nitrogens is 1. The monoisotopic (exact) mass is 292 g/mol. The molecule has 1 unspecified atom stereocenters. The van der Waals surface area contributed by atoms with Gasteiger partial charge in [-0.05, 0) is 0 Å². The molecule has 1 atom stereocenters. The van der Waals surface area contributed by atoms with E-state index in [9.17, 15) is 18.0 Å². The normalized spacial score (nSPS) is 20.9. The Morgan fingerprint density at radius 1 is 1.55 bits per heavy atom. The molecule has 1 aromatic heterocycles. The van der Waals surface area contributed by atoms with Crippen LogP contribution in [0.25, 0.3) is 0 Å². The van der Waals surface area contributed by atoms with Crippen LogP contribution in [0.4, 0.5) is 13.2 Å². The number of morpholine rings is 1. The molecular weight excluding hydrogens is 277 g/mol. The highest BCUT2D eigenvalue weighted by Gasteiger charge is 2.43. The van der Waals surface area contributed by atoms with Gasteiger partial charge in [0.05, 0.1) is 13.7 Å². The lowest BCUT2D eigenvalue weighted by atomic mass is 10.2. The smallest absolute Gasteiger partial charge is 0.415 e. The van der Waals surface area contributed by atoms with Crippen LogP contribution < -0.4 is 10.2 Å². The Hall–Kier alpha value is -1.54. The van der Waals surface area contributed by atoms with Gasteiger partial charge in [-0.2, -0.15) is 13.2 Å². The molecule has 112 valence electrons. The van der Waals surface area contributed by atoms with Crippen LogP contribution in [0.3, 0.4) is 0 Å². The number of nitrogens with zero attached hydrogens (tertiary/aromatic N) is 1. The standard InChI is InChI=1S/C12H15F3N2O3/c1-19-10-5-16-8(4-9(10)18)6-17-2-3-20-11(7-17)12(13,14)15/h4-5,11H,2-3,6-7H2,1H3,(H,16,18). The van der Waals surface area contributed by atoms with Gasteiger partial charge in [0.25, 0.3) is 0 Å². The third kappa shape index (κ3) is 3.51. The molecule has 0 aromatic carbocycles. The molecule has 8 heteroatoms. The number of hydrogen-bond donors (Lipinski definition) is 1. The fourth-order valence-corrected chi connectivity index (χ4v) is 2.04. The maximum Gasteiger partial charge on any atom is 0.415 e. The number of aromatic amines is 1. The number of halogens is 3. The number of aromatic nitrogens is 1. The topological polar surface area (TPSA) is 54.6 Å². The number of hydrogen-bond acceptors (Lipinski definition) is 4. The summed E-state index contributed by atoms with van der Waals surface area (Å²) >= 11 is 0. The fourth-order valence-electron chi connectivity index (χ4n) is 2.04. The van der Waals surface area contributed by atoms with Crippen molar-refractivity contribution in [3.63, 3.8) is 0 Å². The minimum atomic E-state index is -4.37. The molecule has 1 saturated heterocycles. The molecule has 0 saturated carbocycles. The Balaban J connectivity index is 2.03. The van der Waals surface area contributed by atoms with Crippen LogP contribution in [-0.2, 0) is 11.3 Å². The van der Waals surface area contributed by atoms with Crippen molar-refractivity contribution in [1.82, 2.24) is 9.88 Å². The van der Waals surface area contributed by atoms with E-state index in [-0.39, 0.29) is 30.9 Å². The second-order valence-corrected chi connectivity index (χ2v) is 4.53. The van der Waals surface area contributed by atoms with Gasteiger partial charge in [0.2, 0.25) is 5.43 Å².